The average Bonchev–Trinajstić information content (AvgIpc) is 2.76. The third-order valence-electron chi connectivity index (χ3n) is 4.35. The van der Waals surface area contributed by atoms with E-state index >= 15 is 0 Å². The Kier molecular flexibility index (Phi) is 8.32. The van der Waals surface area contributed by atoms with Crippen LogP contribution < -0.4 is 4.74 Å². The van der Waals surface area contributed by atoms with Gasteiger partial charge in [0.05, 0.1) is 17.3 Å². The molecular weight excluding hydrogens is 476 g/mol. The molecular formula is C25H24BrO4S+. The predicted octanol–water partition coefficient (Wildman–Crippen LogP) is 5.79. The summed E-state index contributed by atoms with van der Waals surface area (Å²) < 4.78 is 10.6. The number of ether oxygens (including phenoxy) is 2. The molecule has 0 amide bonds. The van der Waals surface area contributed by atoms with Gasteiger partial charge < -0.3 is 9.47 Å². The Balaban J connectivity index is 1.71. The zero-order valence-corrected chi connectivity index (χ0v) is 19.8. The molecule has 0 aliphatic heterocycles. The Morgan fingerprint density at radius 2 is 1.29 bits per heavy atom. The Labute approximate surface area is 194 Å². The number of halogens is 1. The number of esters is 2. The van der Waals surface area contributed by atoms with Crippen LogP contribution in [-0.4, -0.2) is 22.9 Å². The molecule has 2 unspecified atom stereocenters. The fourth-order valence-electron chi connectivity index (χ4n) is 2.91. The van der Waals surface area contributed by atoms with Crippen molar-refractivity contribution in [2.24, 2.45) is 0 Å². The van der Waals surface area contributed by atoms with Gasteiger partial charge in [0.25, 0.3) is 0 Å². The third kappa shape index (κ3) is 6.71. The number of carbonyl (C=O) groups excluding carboxylic acids is 2. The highest BCUT2D eigenvalue weighted by molar-refractivity contribution is 9.10. The smallest absolute Gasteiger partial charge is 0.319 e. The standard InChI is InChI=1S/C25H24BrO4S/c1-18(29-25(28)19(2)26)17-24(27)30-20-13-15-23(16-14-20)31(21-9-5-3-6-10-21)22-11-7-4-8-12-22/h3-16,18-19H,17H2,1-2H3/q+1. The van der Waals surface area contributed by atoms with E-state index in [1.165, 1.54) is 9.79 Å². The lowest BCUT2D eigenvalue weighted by Gasteiger charge is -2.14. The van der Waals surface area contributed by atoms with E-state index in [-0.39, 0.29) is 17.3 Å². The van der Waals surface area contributed by atoms with E-state index < -0.39 is 22.9 Å². The summed E-state index contributed by atoms with van der Waals surface area (Å²) in [4.78, 5) is 27.0. The van der Waals surface area contributed by atoms with Crippen molar-refractivity contribution in [2.45, 2.75) is 45.9 Å². The molecule has 0 aliphatic carbocycles. The molecule has 0 fully saturated rings. The topological polar surface area (TPSA) is 52.6 Å². The minimum Gasteiger partial charge on any atom is -0.461 e. The molecule has 160 valence electrons. The summed E-state index contributed by atoms with van der Waals surface area (Å²) in [6.45, 7) is 3.34. The second-order valence-electron chi connectivity index (χ2n) is 6.95. The van der Waals surface area contributed by atoms with Gasteiger partial charge in [-0.2, -0.15) is 0 Å². The van der Waals surface area contributed by atoms with Crippen molar-refractivity contribution in [1.82, 2.24) is 0 Å². The zero-order chi connectivity index (χ0) is 22.2. The SMILES string of the molecule is CC(CC(=O)Oc1ccc([S+](c2ccccc2)c2ccccc2)cc1)OC(=O)C(C)Br. The molecule has 31 heavy (non-hydrogen) atoms. The van der Waals surface area contributed by atoms with Crippen LogP contribution in [0.2, 0.25) is 0 Å². The number of alkyl halides is 1. The van der Waals surface area contributed by atoms with Crippen LogP contribution in [0.15, 0.2) is 99.6 Å². The minimum atomic E-state index is -0.554. The summed E-state index contributed by atoms with van der Waals surface area (Å²) in [6, 6.07) is 28.3. The normalized spacial score (nSPS) is 12.8. The van der Waals surface area contributed by atoms with E-state index in [0.29, 0.717) is 5.75 Å². The van der Waals surface area contributed by atoms with Crippen molar-refractivity contribution in [3.05, 3.63) is 84.9 Å². The molecule has 0 bridgehead atoms. The van der Waals surface area contributed by atoms with Crippen molar-refractivity contribution in [3.8, 4) is 5.75 Å². The molecule has 4 nitrogen and oxygen atoms in total. The quantitative estimate of drug-likeness (QED) is 0.170. The zero-order valence-electron chi connectivity index (χ0n) is 17.4. The van der Waals surface area contributed by atoms with E-state index in [9.17, 15) is 9.59 Å². The third-order valence-corrected chi connectivity index (χ3v) is 6.95. The molecule has 3 aromatic carbocycles. The van der Waals surface area contributed by atoms with Crippen LogP contribution in [0.5, 0.6) is 5.75 Å². The molecule has 0 radical (unpaired) electrons. The molecule has 0 spiro atoms. The lowest BCUT2D eigenvalue weighted by molar-refractivity contribution is -0.150. The fraction of sp³-hybridized carbons (Fsp3) is 0.200. The van der Waals surface area contributed by atoms with Gasteiger partial charge >= 0.3 is 11.9 Å². The predicted molar refractivity (Wildman–Crippen MR) is 126 cm³/mol. The first-order valence-electron chi connectivity index (χ1n) is 9.93. The first-order valence-corrected chi connectivity index (χ1v) is 12.1. The maximum absolute atomic E-state index is 12.2. The van der Waals surface area contributed by atoms with E-state index in [2.05, 4.69) is 40.2 Å². The molecule has 0 aliphatic rings. The van der Waals surface area contributed by atoms with Gasteiger partial charge in [0, 0.05) is 0 Å². The van der Waals surface area contributed by atoms with Crippen molar-refractivity contribution in [3.63, 3.8) is 0 Å². The Morgan fingerprint density at radius 1 is 0.806 bits per heavy atom. The minimum absolute atomic E-state index is 0.00832. The van der Waals surface area contributed by atoms with E-state index in [1.807, 2.05) is 48.5 Å². The summed E-state index contributed by atoms with van der Waals surface area (Å²) in [6.07, 6.45) is -0.563. The molecule has 0 aromatic heterocycles. The van der Waals surface area contributed by atoms with Gasteiger partial charge in [0.2, 0.25) is 0 Å². The highest BCUT2D eigenvalue weighted by atomic mass is 79.9. The molecule has 0 N–H and O–H groups in total. The molecule has 2 atom stereocenters. The van der Waals surface area contributed by atoms with Gasteiger partial charge in [-0.05, 0) is 62.4 Å². The van der Waals surface area contributed by atoms with E-state index in [0.717, 1.165) is 4.90 Å². The van der Waals surface area contributed by atoms with Crippen molar-refractivity contribution in [1.29, 1.82) is 0 Å². The van der Waals surface area contributed by atoms with Crippen LogP contribution in [0.3, 0.4) is 0 Å². The van der Waals surface area contributed by atoms with Crippen molar-refractivity contribution >= 4 is 38.8 Å². The maximum atomic E-state index is 12.2. The summed E-state index contributed by atoms with van der Waals surface area (Å²) in [7, 11) is -0.258. The van der Waals surface area contributed by atoms with E-state index in [1.54, 1.807) is 26.0 Å². The van der Waals surface area contributed by atoms with Gasteiger partial charge in [-0.15, -0.1) is 0 Å². The fourth-order valence-corrected chi connectivity index (χ4v) is 5.10. The molecule has 0 saturated heterocycles. The van der Waals surface area contributed by atoms with Crippen LogP contribution in [0.1, 0.15) is 20.3 Å². The molecule has 3 aromatic rings. The molecule has 3 rings (SSSR count). The van der Waals surface area contributed by atoms with Crippen molar-refractivity contribution in [2.75, 3.05) is 0 Å². The van der Waals surface area contributed by atoms with Crippen LogP contribution in [0.25, 0.3) is 0 Å². The summed E-state index contributed by atoms with van der Waals surface area (Å²) >= 11 is 3.15. The van der Waals surface area contributed by atoms with Crippen LogP contribution in [-0.2, 0) is 25.2 Å². The molecule has 0 heterocycles. The van der Waals surface area contributed by atoms with Crippen LogP contribution in [0, 0.1) is 0 Å². The Hall–Kier alpha value is -2.57. The second kappa shape index (κ2) is 11.2. The summed E-state index contributed by atoms with van der Waals surface area (Å²) in [5.74, 6) is -0.385. The molecule has 6 heteroatoms. The highest BCUT2D eigenvalue weighted by Gasteiger charge is 2.28. The number of hydrogen-bond donors (Lipinski definition) is 0. The highest BCUT2D eigenvalue weighted by Crippen LogP contribution is 2.31. The monoisotopic (exact) mass is 499 g/mol. The van der Waals surface area contributed by atoms with Gasteiger partial charge in [0.15, 0.2) is 14.7 Å². The second-order valence-corrected chi connectivity index (χ2v) is 10.3. The summed E-state index contributed by atoms with van der Waals surface area (Å²) in [5.41, 5.74) is 0. The van der Waals surface area contributed by atoms with Gasteiger partial charge in [0.1, 0.15) is 16.7 Å². The number of benzene rings is 3. The van der Waals surface area contributed by atoms with Crippen LogP contribution in [0.4, 0.5) is 0 Å². The summed E-state index contributed by atoms with van der Waals surface area (Å²) in [5, 5.41) is 0. The average molecular weight is 500 g/mol. The van der Waals surface area contributed by atoms with Crippen molar-refractivity contribution < 1.29 is 19.1 Å². The Morgan fingerprint density at radius 3 is 1.77 bits per heavy atom. The largest absolute Gasteiger partial charge is 0.461 e. The molecule has 0 saturated carbocycles. The lowest BCUT2D eigenvalue weighted by Crippen LogP contribution is -2.24. The van der Waals surface area contributed by atoms with Gasteiger partial charge in [-0.25, -0.2) is 0 Å². The number of rotatable bonds is 8. The van der Waals surface area contributed by atoms with Crippen LogP contribution >= 0.6 is 15.9 Å². The maximum Gasteiger partial charge on any atom is 0.319 e. The number of hydrogen-bond acceptors (Lipinski definition) is 4. The number of carbonyl (C=O) groups is 2. The Bertz CT molecular complexity index is 952. The van der Waals surface area contributed by atoms with Gasteiger partial charge in [-0.3, -0.25) is 9.59 Å². The first kappa shape index (κ1) is 23.1. The first-order chi connectivity index (χ1) is 14.9. The van der Waals surface area contributed by atoms with Gasteiger partial charge in [-0.1, -0.05) is 52.3 Å². The lowest BCUT2D eigenvalue weighted by atomic mass is 10.3. The van der Waals surface area contributed by atoms with E-state index in [4.69, 9.17) is 9.47 Å².